The van der Waals surface area contributed by atoms with Crippen LogP contribution >= 0.6 is 0 Å². The minimum atomic E-state index is -1.01. The summed E-state index contributed by atoms with van der Waals surface area (Å²) in [5, 5.41) is 12.1. The molecule has 86 valence electrons. The lowest BCUT2D eigenvalue weighted by molar-refractivity contribution is 0.0697. The zero-order chi connectivity index (χ0) is 11.5. The van der Waals surface area contributed by atoms with Gasteiger partial charge in [0.1, 0.15) is 17.7 Å². The third-order valence-corrected chi connectivity index (χ3v) is 2.67. The Morgan fingerprint density at radius 3 is 3.12 bits per heavy atom. The predicted octanol–water partition coefficient (Wildman–Crippen LogP) is 0.291. The first kappa shape index (κ1) is 10.8. The summed E-state index contributed by atoms with van der Waals surface area (Å²) in [5.41, 5.74) is 0.122. The van der Waals surface area contributed by atoms with Crippen LogP contribution in [0.3, 0.4) is 0 Å². The average molecular weight is 222 g/mol. The van der Waals surface area contributed by atoms with E-state index < -0.39 is 5.97 Å². The van der Waals surface area contributed by atoms with Crippen molar-refractivity contribution in [3.05, 3.63) is 18.1 Å². The van der Waals surface area contributed by atoms with E-state index in [1.807, 2.05) is 7.05 Å². The van der Waals surface area contributed by atoms with Crippen molar-refractivity contribution in [3.8, 4) is 0 Å². The summed E-state index contributed by atoms with van der Waals surface area (Å²) < 4.78 is 0. The van der Waals surface area contributed by atoms with Crippen LogP contribution in [-0.2, 0) is 0 Å². The number of rotatable bonds is 3. The smallest absolute Gasteiger partial charge is 0.341 e. The second kappa shape index (κ2) is 4.44. The third kappa shape index (κ3) is 2.27. The van der Waals surface area contributed by atoms with E-state index >= 15 is 0 Å². The number of anilines is 1. The lowest BCUT2D eigenvalue weighted by Crippen LogP contribution is -2.25. The standard InChI is InChI=1S/C10H14N4O2/c1-14-3-2-7(5-14)13-9-8(10(15)16)4-11-6-12-9/h4,6-7H,2-3,5H2,1H3,(H,15,16)(H,11,12,13). The molecule has 6 nitrogen and oxygen atoms in total. The highest BCUT2D eigenvalue weighted by Gasteiger charge is 2.21. The fourth-order valence-corrected chi connectivity index (χ4v) is 1.85. The number of likely N-dealkylation sites (N-methyl/N-ethyl adjacent to an activating group) is 1. The number of hydrogen-bond acceptors (Lipinski definition) is 5. The molecule has 1 aromatic heterocycles. The van der Waals surface area contributed by atoms with Gasteiger partial charge in [0, 0.05) is 18.8 Å². The molecule has 1 fully saturated rings. The van der Waals surface area contributed by atoms with Gasteiger partial charge >= 0.3 is 5.97 Å². The largest absolute Gasteiger partial charge is 0.477 e. The SMILES string of the molecule is CN1CCC(Nc2ncncc2C(=O)O)C1. The van der Waals surface area contributed by atoms with E-state index in [2.05, 4.69) is 20.2 Å². The Balaban J connectivity index is 2.12. The highest BCUT2D eigenvalue weighted by atomic mass is 16.4. The normalized spacial score (nSPS) is 20.9. The van der Waals surface area contributed by atoms with E-state index in [0.717, 1.165) is 19.5 Å². The number of likely N-dealkylation sites (tertiary alicyclic amines) is 1. The van der Waals surface area contributed by atoms with Gasteiger partial charge in [-0.3, -0.25) is 0 Å². The Bertz CT molecular complexity index is 396. The van der Waals surface area contributed by atoms with E-state index in [-0.39, 0.29) is 11.6 Å². The molecule has 0 amide bonds. The molecule has 1 saturated heterocycles. The van der Waals surface area contributed by atoms with Gasteiger partial charge in [0.05, 0.1) is 0 Å². The Morgan fingerprint density at radius 1 is 1.69 bits per heavy atom. The molecule has 6 heteroatoms. The molecule has 0 bridgehead atoms. The van der Waals surface area contributed by atoms with Gasteiger partial charge in [-0.2, -0.15) is 0 Å². The van der Waals surface area contributed by atoms with E-state index in [0.29, 0.717) is 5.82 Å². The Morgan fingerprint density at radius 2 is 2.50 bits per heavy atom. The predicted molar refractivity (Wildman–Crippen MR) is 58.5 cm³/mol. The summed E-state index contributed by atoms with van der Waals surface area (Å²) in [7, 11) is 2.04. The number of aromatic nitrogens is 2. The maximum atomic E-state index is 10.9. The van der Waals surface area contributed by atoms with Crippen molar-refractivity contribution in [1.82, 2.24) is 14.9 Å². The van der Waals surface area contributed by atoms with Gasteiger partial charge in [0.15, 0.2) is 0 Å². The Kier molecular flexibility index (Phi) is 3.00. The Labute approximate surface area is 93.3 Å². The number of aromatic carboxylic acids is 1. The molecule has 1 unspecified atom stereocenters. The van der Waals surface area contributed by atoms with E-state index in [1.54, 1.807) is 0 Å². The lowest BCUT2D eigenvalue weighted by Gasteiger charge is -2.14. The van der Waals surface area contributed by atoms with Crippen molar-refractivity contribution in [2.75, 3.05) is 25.5 Å². The molecular formula is C10H14N4O2. The minimum absolute atomic E-state index is 0.122. The number of carbonyl (C=O) groups is 1. The Hall–Kier alpha value is -1.69. The van der Waals surface area contributed by atoms with Gasteiger partial charge in [0.25, 0.3) is 0 Å². The van der Waals surface area contributed by atoms with Crippen LogP contribution in [0.1, 0.15) is 16.8 Å². The van der Waals surface area contributed by atoms with Crippen molar-refractivity contribution >= 4 is 11.8 Å². The summed E-state index contributed by atoms with van der Waals surface area (Å²) in [6, 6.07) is 0.262. The second-order valence-corrected chi connectivity index (χ2v) is 3.98. The molecular weight excluding hydrogens is 208 g/mol. The maximum Gasteiger partial charge on any atom is 0.341 e. The summed E-state index contributed by atoms with van der Waals surface area (Å²) in [6.07, 6.45) is 3.67. The second-order valence-electron chi connectivity index (χ2n) is 3.98. The molecule has 0 spiro atoms. The molecule has 0 radical (unpaired) electrons. The summed E-state index contributed by atoms with van der Waals surface area (Å²) in [4.78, 5) is 20.8. The highest BCUT2D eigenvalue weighted by Crippen LogP contribution is 2.15. The molecule has 1 aliphatic rings. The van der Waals surface area contributed by atoms with Gasteiger partial charge < -0.3 is 15.3 Å². The molecule has 2 N–H and O–H groups in total. The van der Waals surface area contributed by atoms with Crippen LogP contribution in [-0.4, -0.2) is 52.1 Å². The van der Waals surface area contributed by atoms with Crippen LogP contribution in [0.2, 0.25) is 0 Å². The van der Waals surface area contributed by atoms with Gasteiger partial charge in [-0.05, 0) is 20.0 Å². The number of carboxylic acids is 1. The van der Waals surface area contributed by atoms with E-state index in [9.17, 15) is 4.79 Å². The van der Waals surface area contributed by atoms with Crippen LogP contribution < -0.4 is 5.32 Å². The molecule has 2 rings (SSSR count). The quantitative estimate of drug-likeness (QED) is 0.765. The molecule has 16 heavy (non-hydrogen) atoms. The van der Waals surface area contributed by atoms with Crippen LogP contribution in [0, 0.1) is 0 Å². The third-order valence-electron chi connectivity index (χ3n) is 2.67. The first-order chi connectivity index (χ1) is 7.66. The van der Waals surface area contributed by atoms with Gasteiger partial charge in [-0.15, -0.1) is 0 Å². The van der Waals surface area contributed by atoms with Crippen LogP contribution in [0.25, 0.3) is 0 Å². The maximum absolute atomic E-state index is 10.9. The first-order valence-electron chi connectivity index (χ1n) is 5.15. The van der Waals surface area contributed by atoms with Gasteiger partial charge in [0.2, 0.25) is 0 Å². The number of nitrogens with zero attached hydrogens (tertiary/aromatic N) is 3. The molecule has 1 atom stereocenters. The van der Waals surface area contributed by atoms with Gasteiger partial charge in [-0.25, -0.2) is 14.8 Å². The zero-order valence-electron chi connectivity index (χ0n) is 9.05. The fraction of sp³-hybridized carbons (Fsp3) is 0.500. The van der Waals surface area contributed by atoms with E-state index in [1.165, 1.54) is 12.5 Å². The van der Waals surface area contributed by atoms with Crippen molar-refractivity contribution in [1.29, 1.82) is 0 Å². The average Bonchev–Trinajstić information content (AvgIpc) is 2.64. The zero-order valence-corrected chi connectivity index (χ0v) is 9.05. The molecule has 1 aromatic rings. The summed E-state index contributed by atoms with van der Waals surface area (Å²) >= 11 is 0. The van der Waals surface area contributed by atoms with Crippen molar-refractivity contribution in [2.45, 2.75) is 12.5 Å². The highest BCUT2D eigenvalue weighted by molar-refractivity contribution is 5.92. The fourth-order valence-electron chi connectivity index (χ4n) is 1.85. The summed E-state index contributed by atoms with van der Waals surface area (Å²) in [6.45, 7) is 1.92. The topological polar surface area (TPSA) is 78.3 Å². The van der Waals surface area contributed by atoms with Crippen LogP contribution in [0.5, 0.6) is 0 Å². The molecule has 0 aliphatic carbocycles. The molecule has 0 saturated carbocycles. The molecule has 0 aromatic carbocycles. The van der Waals surface area contributed by atoms with Crippen molar-refractivity contribution < 1.29 is 9.90 Å². The van der Waals surface area contributed by atoms with Crippen LogP contribution in [0.15, 0.2) is 12.5 Å². The lowest BCUT2D eigenvalue weighted by atomic mass is 10.2. The number of nitrogens with one attached hydrogen (secondary N) is 1. The number of hydrogen-bond donors (Lipinski definition) is 2. The van der Waals surface area contributed by atoms with E-state index in [4.69, 9.17) is 5.11 Å². The first-order valence-corrected chi connectivity index (χ1v) is 5.15. The van der Waals surface area contributed by atoms with Crippen LogP contribution in [0.4, 0.5) is 5.82 Å². The van der Waals surface area contributed by atoms with Gasteiger partial charge in [-0.1, -0.05) is 0 Å². The van der Waals surface area contributed by atoms with Crippen molar-refractivity contribution in [2.24, 2.45) is 0 Å². The number of carboxylic acid groups (broad SMARTS) is 1. The molecule has 2 heterocycles. The molecule has 1 aliphatic heterocycles. The minimum Gasteiger partial charge on any atom is -0.477 e. The van der Waals surface area contributed by atoms with Crippen molar-refractivity contribution in [3.63, 3.8) is 0 Å². The summed E-state index contributed by atoms with van der Waals surface area (Å²) in [5.74, 6) is -0.600. The monoisotopic (exact) mass is 222 g/mol.